The van der Waals surface area contributed by atoms with Gasteiger partial charge in [0.25, 0.3) is 5.91 Å². The summed E-state index contributed by atoms with van der Waals surface area (Å²) in [5.41, 5.74) is -3.13. The lowest BCUT2D eigenvalue weighted by Crippen LogP contribution is -2.61. The maximum Gasteiger partial charge on any atom is 0.407 e. The third-order valence-corrected chi connectivity index (χ3v) is 7.83. The standard InChI is InChI=1S/C30H33F3N4O5S/c1-15-30(5,40)23(37-28(39)42-29(2,3)4)13-21(41-15)16-11-12-34-14-20(16)36-27(38)19-9-7-18(32)26(35-19)24-17(31)8-10-22(43-6)25(24)33/h7-12,14-15,21,23,40H,13H2,1-6H3,(H,36,38)(H,37,39)/t15-,21-,23-,30-/m1/s1. The van der Waals surface area contributed by atoms with Gasteiger partial charge in [-0.15, -0.1) is 11.8 Å². The van der Waals surface area contributed by atoms with Crippen LogP contribution in [0.4, 0.5) is 23.7 Å². The third kappa shape index (κ3) is 7.11. The van der Waals surface area contributed by atoms with Gasteiger partial charge in [0.05, 0.1) is 35.7 Å². The van der Waals surface area contributed by atoms with Gasteiger partial charge in [0.1, 0.15) is 40.0 Å². The summed E-state index contributed by atoms with van der Waals surface area (Å²) < 4.78 is 55.8. The number of pyridine rings is 2. The predicted molar refractivity (Wildman–Crippen MR) is 155 cm³/mol. The summed E-state index contributed by atoms with van der Waals surface area (Å²) in [6, 6.07) is 5.07. The van der Waals surface area contributed by atoms with Crippen molar-refractivity contribution in [3.8, 4) is 11.3 Å². The highest BCUT2D eigenvalue weighted by Gasteiger charge is 2.46. The number of benzene rings is 1. The van der Waals surface area contributed by atoms with Crippen LogP contribution in [0.1, 0.15) is 63.2 Å². The van der Waals surface area contributed by atoms with Crippen LogP contribution >= 0.6 is 11.8 Å². The summed E-state index contributed by atoms with van der Waals surface area (Å²) in [4.78, 5) is 33.9. The number of anilines is 1. The van der Waals surface area contributed by atoms with Gasteiger partial charge >= 0.3 is 6.09 Å². The van der Waals surface area contributed by atoms with Crippen molar-refractivity contribution in [3.05, 3.63) is 71.4 Å². The Morgan fingerprint density at radius 2 is 1.84 bits per heavy atom. The Morgan fingerprint density at radius 1 is 1.14 bits per heavy atom. The van der Waals surface area contributed by atoms with Crippen molar-refractivity contribution in [2.75, 3.05) is 11.6 Å². The number of carbonyl (C=O) groups excluding carboxylic acids is 2. The van der Waals surface area contributed by atoms with Crippen LogP contribution in [0.15, 0.2) is 47.6 Å². The van der Waals surface area contributed by atoms with Crippen molar-refractivity contribution < 1.29 is 37.3 Å². The molecule has 230 valence electrons. The fourth-order valence-corrected chi connectivity index (χ4v) is 5.15. The zero-order valence-corrected chi connectivity index (χ0v) is 25.3. The Bertz CT molecular complexity index is 1530. The number of carbonyl (C=O) groups is 2. The summed E-state index contributed by atoms with van der Waals surface area (Å²) in [7, 11) is 0. The Hall–Kier alpha value is -3.68. The van der Waals surface area contributed by atoms with E-state index in [4.69, 9.17) is 9.47 Å². The van der Waals surface area contributed by atoms with Crippen molar-refractivity contribution >= 4 is 29.4 Å². The lowest BCUT2D eigenvalue weighted by atomic mass is 9.82. The molecule has 3 N–H and O–H groups in total. The molecule has 1 saturated heterocycles. The number of alkyl carbamates (subject to hydrolysis) is 1. The number of thioether (sulfide) groups is 1. The molecular weight excluding hydrogens is 585 g/mol. The van der Waals surface area contributed by atoms with E-state index >= 15 is 0 Å². The summed E-state index contributed by atoms with van der Waals surface area (Å²) >= 11 is 1.02. The van der Waals surface area contributed by atoms with Crippen LogP contribution in [0.5, 0.6) is 0 Å². The molecule has 13 heteroatoms. The van der Waals surface area contributed by atoms with Gasteiger partial charge in [-0.3, -0.25) is 9.78 Å². The predicted octanol–water partition coefficient (Wildman–Crippen LogP) is 6.03. The second-order valence-corrected chi connectivity index (χ2v) is 12.2. The molecular formula is C30H33F3N4O5S. The van der Waals surface area contributed by atoms with Gasteiger partial charge in [-0.1, -0.05) is 0 Å². The van der Waals surface area contributed by atoms with Crippen LogP contribution in [-0.4, -0.2) is 56.7 Å². The minimum Gasteiger partial charge on any atom is -0.444 e. The lowest BCUT2D eigenvalue weighted by Gasteiger charge is -2.45. The van der Waals surface area contributed by atoms with Gasteiger partial charge in [0, 0.05) is 23.1 Å². The van der Waals surface area contributed by atoms with E-state index in [2.05, 4.69) is 20.6 Å². The van der Waals surface area contributed by atoms with E-state index in [0.29, 0.717) is 5.56 Å². The minimum absolute atomic E-state index is 0.0904. The molecule has 1 aliphatic rings. The summed E-state index contributed by atoms with van der Waals surface area (Å²) in [5.74, 6) is -3.81. The topological polar surface area (TPSA) is 123 Å². The van der Waals surface area contributed by atoms with Gasteiger partial charge in [0.15, 0.2) is 0 Å². The zero-order valence-electron chi connectivity index (χ0n) is 24.5. The maximum atomic E-state index is 15.0. The number of ether oxygens (including phenoxy) is 2. The first-order chi connectivity index (χ1) is 20.1. The van der Waals surface area contributed by atoms with Gasteiger partial charge in [-0.25, -0.2) is 22.9 Å². The molecule has 0 radical (unpaired) electrons. The first kappa shape index (κ1) is 32.2. The first-order valence-electron chi connectivity index (χ1n) is 13.4. The van der Waals surface area contributed by atoms with Gasteiger partial charge in [0.2, 0.25) is 0 Å². The fourth-order valence-electron chi connectivity index (χ4n) is 4.66. The number of hydrogen-bond acceptors (Lipinski definition) is 8. The number of hydrogen-bond donors (Lipinski definition) is 3. The van der Waals surface area contributed by atoms with Crippen LogP contribution in [0.25, 0.3) is 11.3 Å². The third-order valence-electron chi connectivity index (χ3n) is 7.08. The number of rotatable bonds is 6. The van der Waals surface area contributed by atoms with Crippen LogP contribution in [0.2, 0.25) is 0 Å². The molecule has 43 heavy (non-hydrogen) atoms. The average Bonchev–Trinajstić information content (AvgIpc) is 2.91. The molecule has 0 aliphatic carbocycles. The minimum atomic E-state index is -1.45. The van der Waals surface area contributed by atoms with Crippen molar-refractivity contribution in [3.63, 3.8) is 0 Å². The number of amides is 2. The molecule has 1 aliphatic heterocycles. The van der Waals surface area contributed by atoms with E-state index in [1.807, 2.05) is 0 Å². The highest BCUT2D eigenvalue weighted by molar-refractivity contribution is 7.98. The molecule has 0 saturated carbocycles. The van der Waals surface area contributed by atoms with Crippen LogP contribution < -0.4 is 10.6 Å². The maximum absolute atomic E-state index is 15.0. The molecule has 4 rings (SSSR count). The monoisotopic (exact) mass is 618 g/mol. The SMILES string of the molecule is CSc1ccc(F)c(-c2nc(C(=O)Nc3cnccc3[C@H]3C[C@@H](NC(=O)OC(C)(C)C)[C@](C)(O)[C@@H](C)O3)ccc2F)c1F. The quantitative estimate of drug-likeness (QED) is 0.287. The summed E-state index contributed by atoms with van der Waals surface area (Å²) in [5, 5.41) is 16.5. The van der Waals surface area contributed by atoms with E-state index in [-0.39, 0.29) is 22.7 Å². The van der Waals surface area contributed by atoms with Crippen LogP contribution in [0.3, 0.4) is 0 Å². The molecule has 2 aromatic heterocycles. The van der Waals surface area contributed by atoms with Crippen molar-refractivity contribution in [2.24, 2.45) is 0 Å². The molecule has 3 aromatic rings. The number of aromatic nitrogens is 2. The van der Waals surface area contributed by atoms with Crippen molar-refractivity contribution in [1.82, 2.24) is 15.3 Å². The van der Waals surface area contributed by atoms with Gasteiger partial charge < -0.3 is 25.2 Å². The van der Waals surface area contributed by atoms with Crippen LogP contribution in [0, 0.1) is 17.5 Å². The van der Waals surface area contributed by atoms with E-state index in [0.717, 1.165) is 30.0 Å². The molecule has 2 amide bonds. The van der Waals surface area contributed by atoms with E-state index < -0.39 is 70.2 Å². The molecule has 1 fully saturated rings. The molecule has 3 heterocycles. The molecule has 9 nitrogen and oxygen atoms in total. The number of nitrogens with zero attached hydrogens (tertiary/aromatic N) is 2. The summed E-state index contributed by atoms with van der Waals surface area (Å²) in [6.45, 7) is 8.37. The van der Waals surface area contributed by atoms with E-state index in [9.17, 15) is 27.9 Å². The zero-order chi connectivity index (χ0) is 31.7. The van der Waals surface area contributed by atoms with E-state index in [1.165, 1.54) is 18.5 Å². The van der Waals surface area contributed by atoms with Crippen molar-refractivity contribution in [2.45, 2.75) is 75.4 Å². The number of halogens is 3. The molecule has 0 unspecified atom stereocenters. The largest absolute Gasteiger partial charge is 0.444 e. The van der Waals surface area contributed by atoms with Crippen LogP contribution in [-0.2, 0) is 9.47 Å². The van der Waals surface area contributed by atoms with Gasteiger partial charge in [-0.05, 0) is 71.2 Å². The first-order valence-corrected chi connectivity index (χ1v) is 14.7. The summed E-state index contributed by atoms with van der Waals surface area (Å²) in [6.07, 6.45) is 2.41. The molecule has 0 bridgehead atoms. The lowest BCUT2D eigenvalue weighted by molar-refractivity contribution is -0.176. The average molecular weight is 619 g/mol. The second kappa shape index (κ2) is 12.5. The number of aliphatic hydroxyl groups is 1. The van der Waals surface area contributed by atoms with Crippen molar-refractivity contribution in [1.29, 1.82) is 0 Å². The van der Waals surface area contributed by atoms with Gasteiger partial charge in [-0.2, -0.15) is 0 Å². The highest BCUT2D eigenvalue weighted by Crippen LogP contribution is 2.39. The molecule has 1 aromatic carbocycles. The Morgan fingerprint density at radius 3 is 2.51 bits per heavy atom. The second-order valence-electron chi connectivity index (χ2n) is 11.3. The highest BCUT2D eigenvalue weighted by atomic mass is 32.2. The molecule has 0 spiro atoms. The fraction of sp³-hybridized carbons (Fsp3) is 0.400. The normalized spacial score (nSPS) is 22.1. The molecule has 4 atom stereocenters. The smallest absolute Gasteiger partial charge is 0.407 e. The Labute approximate surface area is 251 Å². The number of nitrogens with one attached hydrogen (secondary N) is 2. The van der Waals surface area contributed by atoms with E-state index in [1.54, 1.807) is 46.9 Å². The Kier molecular flexibility index (Phi) is 9.38. The Balaban J connectivity index is 1.61.